The average molecular weight is 317 g/mol. The Morgan fingerprint density at radius 2 is 1.87 bits per heavy atom. The van der Waals surface area contributed by atoms with Crippen LogP contribution in [0.1, 0.15) is 0 Å². The van der Waals surface area contributed by atoms with Gasteiger partial charge in [-0.15, -0.1) is 0 Å². The van der Waals surface area contributed by atoms with E-state index >= 15 is 0 Å². The number of nitrogens with zero attached hydrogens (tertiary/aromatic N) is 2. The minimum absolute atomic E-state index is 0.765. The van der Waals surface area contributed by atoms with Gasteiger partial charge in [0.15, 0.2) is 17.1 Å². The number of oxazole rings is 1. The van der Waals surface area contributed by atoms with E-state index in [0.717, 1.165) is 27.4 Å². The molecule has 0 aliphatic rings. The third kappa shape index (κ3) is 2.05. The zero-order chi connectivity index (χ0) is 15.2. The van der Waals surface area contributed by atoms with Crippen LogP contribution in [0.3, 0.4) is 0 Å². The maximum Gasteiger partial charge on any atom is 0.188 e. The van der Waals surface area contributed by atoms with Gasteiger partial charge in [-0.1, -0.05) is 41.7 Å². The first-order chi connectivity index (χ1) is 11.4. The van der Waals surface area contributed by atoms with Crippen molar-refractivity contribution in [1.82, 2.24) is 9.97 Å². The largest absolute Gasteiger partial charge is 0.443 e. The predicted octanol–water partition coefficient (Wildman–Crippen LogP) is 5.33. The van der Waals surface area contributed by atoms with Gasteiger partial charge in [-0.25, -0.2) is 9.97 Å². The molecular formula is C18H11N3OS. The van der Waals surface area contributed by atoms with Gasteiger partial charge in [0.25, 0.3) is 0 Å². The highest BCUT2D eigenvalue weighted by Crippen LogP contribution is 2.34. The van der Waals surface area contributed by atoms with Crippen LogP contribution in [0, 0.1) is 0 Å². The van der Waals surface area contributed by atoms with E-state index in [-0.39, 0.29) is 0 Å². The molecule has 0 saturated carbocycles. The molecule has 5 heteroatoms. The van der Waals surface area contributed by atoms with Gasteiger partial charge in [0, 0.05) is 17.1 Å². The zero-order valence-corrected chi connectivity index (χ0v) is 12.8. The fourth-order valence-corrected chi connectivity index (χ4v) is 3.79. The quantitative estimate of drug-likeness (QED) is 0.478. The highest BCUT2D eigenvalue weighted by atomic mass is 32.1. The summed E-state index contributed by atoms with van der Waals surface area (Å²) in [6.45, 7) is 0. The molecule has 0 unspecified atom stereocenters. The van der Waals surface area contributed by atoms with Gasteiger partial charge in [-0.05, 0) is 23.6 Å². The van der Waals surface area contributed by atoms with Crippen LogP contribution >= 0.6 is 11.3 Å². The lowest BCUT2D eigenvalue weighted by atomic mass is 10.1. The third-order valence-corrected chi connectivity index (χ3v) is 4.88. The highest BCUT2D eigenvalue weighted by Gasteiger charge is 2.08. The Bertz CT molecular complexity index is 1160. The molecule has 0 amide bonds. The van der Waals surface area contributed by atoms with Crippen molar-refractivity contribution in [2.24, 2.45) is 0 Å². The lowest BCUT2D eigenvalue weighted by Crippen LogP contribution is -1.88. The Morgan fingerprint density at radius 1 is 0.957 bits per heavy atom. The van der Waals surface area contributed by atoms with Gasteiger partial charge >= 0.3 is 0 Å². The number of anilines is 2. The molecule has 0 saturated heterocycles. The van der Waals surface area contributed by atoms with Crippen molar-refractivity contribution in [2.75, 3.05) is 5.32 Å². The summed E-state index contributed by atoms with van der Waals surface area (Å²) < 4.78 is 6.55. The number of rotatable bonds is 2. The minimum Gasteiger partial charge on any atom is -0.443 e. The van der Waals surface area contributed by atoms with E-state index in [0.29, 0.717) is 0 Å². The molecule has 3 aromatic carbocycles. The smallest absolute Gasteiger partial charge is 0.188 e. The molecule has 0 bridgehead atoms. The van der Waals surface area contributed by atoms with Crippen LogP contribution in [0.4, 0.5) is 10.8 Å². The first-order valence-corrected chi connectivity index (χ1v) is 8.07. The van der Waals surface area contributed by atoms with Crippen molar-refractivity contribution in [2.45, 2.75) is 0 Å². The van der Waals surface area contributed by atoms with E-state index in [4.69, 9.17) is 4.42 Å². The molecule has 2 aromatic heterocycles. The number of benzene rings is 3. The molecule has 5 aromatic rings. The van der Waals surface area contributed by atoms with Crippen LogP contribution < -0.4 is 5.32 Å². The summed E-state index contributed by atoms with van der Waals surface area (Å²) in [6, 6.07) is 18.4. The molecule has 0 radical (unpaired) electrons. The van der Waals surface area contributed by atoms with Crippen LogP contribution in [0.25, 0.3) is 32.1 Å². The summed E-state index contributed by atoms with van der Waals surface area (Å²) in [5.41, 5.74) is 3.57. The lowest BCUT2D eigenvalue weighted by Gasteiger charge is -2.00. The van der Waals surface area contributed by atoms with Gasteiger partial charge in [-0.3, -0.25) is 0 Å². The molecule has 0 aliphatic carbocycles. The minimum atomic E-state index is 0.765. The van der Waals surface area contributed by atoms with Crippen molar-refractivity contribution < 1.29 is 4.42 Å². The number of aromatic nitrogens is 2. The van der Waals surface area contributed by atoms with Crippen molar-refractivity contribution in [1.29, 1.82) is 0 Å². The van der Waals surface area contributed by atoms with Gasteiger partial charge in [0.05, 0.1) is 10.2 Å². The lowest BCUT2D eigenvalue weighted by molar-refractivity contribution is 0.602. The first-order valence-electron chi connectivity index (χ1n) is 7.25. The third-order valence-electron chi connectivity index (χ3n) is 3.86. The Labute approximate surface area is 135 Å². The zero-order valence-electron chi connectivity index (χ0n) is 12.0. The average Bonchev–Trinajstić information content (AvgIpc) is 3.20. The summed E-state index contributed by atoms with van der Waals surface area (Å²) in [4.78, 5) is 8.82. The second kappa shape index (κ2) is 4.79. The molecule has 5 rings (SSSR count). The molecule has 110 valence electrons. The molecular weight excluding hydrogens is 306 g/mol. The Balaban J connectivity index is 1.61. The Morgan fingerprint density at radius 3 is 2.87 bits per heavy atom. The number of thiazole rings is 1. The van der Waals surface area contributed by atoms with Crippen LogP contribution in [-0.2, 0) is 0 Å². The Hall–Kier alpha value is -2.92. The monoisotopic (exact) mass is 317 g/mol. The molecule has 0 atom stereocenters. The summed E-state index contributed by atoms with van der Waals surface area (Å²) in [7, 11) is 0. The number of nitrogens with one attached hydrogen (secondary N) is 1. The van der Waals surface area contributed by atoms with Crippen LogP contribution in [-0.4, -0.2) is 9.97 Å². The van der Waals surface area contributed by atoms with E-state index in [1.54, 1.807) is 11.3 Å². The van der Waals surface area contributed by atoms with Crippen molar-refractivity contribution in [3.63, 3.8) is 0 Å². The molecule has 4 nitrogen and oxygen atoms in total. The molecule has 23 heavy (non-hydrogen) atoms. The summed E-state index contributed by atoms with van der Waals surface area (Å²) in [5, 5.41) is 6.70. The molecule has 2 heterocycles. The van der Waals surface area contributed by atoms with Gasteiger partial charge in [0.1, 0.15) is 5.52 Å². The molecule has 1 N–H and O–H groups in total. The highest BCUT2D eigenvalue weighted by molar-refractivity contribution is 7.23. The second-order valence-electron chi connectivity index (χ2n) is 5.31. The van der Waals surface area contributed by atoms with Gasteiger partial charge in [0.2, 0.25) is 0 Å². The maximum absolute atomic E-state index is 5.34. The van der Waals surface area contributed by atoms with Crippen LogP contribution in [0.2, 0.25) is 0 Å². The summed E-state index contributed by atoms with van der Waals surface area (Å²) in [5.74, 6) is 0. The van der Waals surface area contributed by atoms with E-state index in [9.17, 15) is 0 Å². The maximum atomic E-state index is 5.34. The van der Waals surface area contributed by atoms with Crippen LogP contribution in [0.15, 0.2) is 65.4 Å². The predicted molar refractivity (Wildman–Crippen MR) is 94.4 cm³/mol. The molecule has 0 spiro atoms. The molecule has 0 aliphatic heterocycles. The number of fused-ring (bicyclic) bond motifs is 4. The van der Waals surface area contributed by atoms with Crippen molar-refractivity contribution >= 4 is 54.2 Å². The van der Waals surface area contributed by atoms with E-state index in [2.05, 4.69) is 51.7 Å². The van der Waals surface area contributed by atoms with Crippen molar-refractivity contribution in [3.8, 4) is 0 Å². The van der Waals surface area contributed by atoms with E-state index in [1.807, 2.05) is 18.2 Å². The fourth-order valence-electron chi connectivity index (χ4n) is 2.77. The summed E-state index contributed by atoms with van der Waals surface area (Å²) in [6.07, 6.45) is 1.46. The number of hydrogen-bond donors (Lipinski definition) is 1. The summed E-state index contributed by atoms with van der Waals surface area (Å²) >= 11 is 1.66. The van der Waals surface area contributed by atoms with Crippen molar-refractivity contribution in [3.05, 3.63) is 61.0 Å². The van der Waals surface area contributed by atoms with Crippen LogP contribution in [0.5, 0.6) is 0 Å². The van der Waals surface area contributed by atoms with E-state index < -0.39 is 0 Å². The molecule has 0 fully saturated rings. The van der Waals surface area contributed by atoms with Gasteiger partial charge in [-0.2, -0.15) is 0 Å². The number of hydrogen-bond acceptors (Lipinski definition) is 5. The topological polar surface area (TPSA) is 51.0 Å². The SMILES string of the molecule is c1ccc2c(c1)ccc1nc(Nc3ccc4ncoc4c3)sc12. The fraction of sp³-hybridized carbons (Fsp3) is 0. The first kappa shape index (κ1) is 12.6. The standard InChI is InChI=1S/C18H11N3OS/c1-2-4-13-11(3-1)5-7-15-17(13)23-18(21-15)20-12-6-8-14-16(9-12)22-10-19-14/h1-10H,(H,20,21). The van der Waals surface area contributed by atoms with E-state index in [1.165, 1.54) is 21.9 Å². The normalized spacial score (nSPS) is 11.5. The van der Waals surface area contributed by atoms with Gasteiger partial charge < -0.3 is 9.73 Å². The Kier molecular flexibility index (Phi) is 2.63. The second-order valence-corrected chi connectivity index (χ2v) is 6.31.